The van der Waals surface area contributed by atoms with Crippen LogP contribution in [0.2, 0.25) is 0 Å². The number of aromatic nitrogens is 2. The van der Waals surface area contributed by atoms with Crippen LogP contribution in [-0.4, -0.2) is 26.8 Å². The first-order valence-electron chi connectivity index (χ1n) is 6.41. The van der Waals surface area contributed by atoms with Crippen molar-refractivity contribution in [3.8, 4) is 0 Å². The number of hydrogen-bond donors (Lipinski definition) is 3. The van der Waals surface area contributed by atoms with Gasteiger partial charge in [0, 0.05) is 18.3 Å². The van der Waals surface area contributed by atoms with Crippen LogP contribution >= 0.6 is 0 Å². The number of hydrogen-bond acceptors (Lipinski definition) is 4. The molecule has 1 aromatic carbocycles. The van der Waals surface area contributed by atoms with Gasteiger partial charge in [0.1, 0.15) is 6.54 Å². The zero-order chi connectivity index (χ0) is 15.2. The average molecular weight is 288 g/mol. The molecule has 7 heteroatoms. The summed E-state index contributed by atoms with van der Waals surface area (Å²) in [6.07, 6.45) is 3.84. The van der Waals surface area contributed by atoms with Crippen LogP contribution < -0.4 is 11.1 Å². The number of anilines is 2. The highest BCUT2D eigenvalue weighted by atomic mass is 16.4. The third-order valence-corrected chi connectivity index (χ3v) is 2.83. The van der Waals surface area contributed by atoms with Crippen LogP contribution in [0.1, 0.15) is 12.0 Å². The number of aryl methyl sites for hydroxylation is 1. The van der Waals surface area contributed by atoms with Gasteiger partial charge in [0.15, 0.2) is 0 Å². The summed E-state index contributed by atoms with van der Waals surface area (Å²) in [5, 5.41) is 15.2. The summed E-state index contributed by atoms with van der Waals surface area (Å²) in [6.45, 7) is -0.235. The monoisotopic (exact) mass is 288 g/mol. The third-order valence-electron chi connectivity index (χ3n) is 2.83. The molecule has 2 aromatic rings. The lowest BCUT2D eigenvalue weighted by atomic mass is 10.1. The number of nitrogens with zero attached hydrogens (tertiary/aromatic N) is 2. The van der Waals surface area contributed by atoms with E-state index >= 15 is 0 Å². The fraction of sp³-hybridized carbons (Fsp3) is 0.214. The number of amides is 1. The van der Waals surface area contributed by atoms with Crippen molar-refractivity contribution >= 4 is 23.3 Å². The SMILES string of the molecule is Nc1ccc(CCC(=O)Nc2cnn(CC(=O)O)c2)cc1. The Morgan fingerprint density at radius 3 is 2.67 bits per heavy atom. The molecule has 0 atom stereocenters. The lowest BCUT2D eigenvalue weighted by molar-refractivity contribution is -0.137. The van der Waals surface area contributed by atoms with Crippen LogP contribution in [0.25, 0.3) is 0 Å². The number of carboxylic acid groups (broad SMARTS) is 1. The predicted molar refractivity (Wildman–Crippen MR) is 77.7 cm³/mol. The van der Waals surface area contributed by atoms with Gasteiger partial charge < -0.3 is 16.2 Å². The molecule has 0 fully saturated rings. The molecular formula is C14H16N4O3. The van der Waals surface area contributed by atoms with Gasteiger partial charge in [-0.2, -0.15) is 5.10 Å². The minimum absolute atomic E-state index is 0.151. The Kier molecular flexibility index (Phi) is 4.55. The van der Waals surface area contributed by atoms with Crippen molar-refractivity contribution in [2.45, 2.75) is 19.4 Å². The van der Waals surface area contributed by atoms with Gasteiger partial charge in [-0.25, -0.2) is 0 Å². The second kappa shape index (κ2) is 6.56. The molecule has 4 N–H and O–H groups in total. The quantitative estimate of drug-likeness (QED) is 0.690. The molecule has 1 aromatic heterocycles. The third kappa shape index (κ3) is 4.64. The number of carboxylic acids is 1. The number of carbonyl (C=O) groups excluding carboxylic acids is 1. The van der Waals surface area contributed by atoms with Gasteiger partial charge in [-0.05, 0) is 24.1 Å². The molecule has 0 aliphatic carbocycles. The molecule has 0 saturated carbocycles. The van der Waals surface area contributed by atoms with Gasteiger partial charge in [0.2, 0.25) is 5.91 Å². The molecule has 0 spiro atoms. The number of carbonyl (C=O) groups is 2. The fourth-order valence-corrected chi connectivity index (χ4v) is 1.82. The molecule has 110 valence electrons. The minimum Gasteiger partial charge on any atom is -0.480 e. The topological polar surface area (TPSA) is 110 Å². The zero-order valence-electron chi connectivity index (χ0n) is 11.3. The lowest BCUT2D eigenvalue weighted by Crippen LogP contribution is -2.12. The van der Waals surface area contributed by atoms with Crippen molar-refractivity contribution in [2.24, 2.45) is 0 Å². The Balaban J connectivity index is 1.82. The molecule has 1 heterocycles. The Morgan fingerprint density at radius 2 is 2.00 bits per heavy atom. The van der Waals surface area contributed by atoms with Crippen molar-refractivity contribution in [1.82, 2.24) is 9.78 Å². The highest BCUT2D eigenvalue weighted by Crippen LogP contribution is 2.09. The van der Waals surface area contributed by atoms with Crippen molar-refractivity contribution < 1.29 is 14.7 Å². The highest BCUT2D eigenvalue weighted by molar-refractivity contribution is 5.90. The van der Waals surface area contributed by atoms with Crippen LogP contribution in [-0.2, 0) is 22.6 Å². The molecule has 0 bridgehead atoms. The molecule has 2 rings (SSSR count). The van der Waals surface area contributed by atoms with E-state index in [1.165, 1.54) is 17.1 Å². The summed E-state index contributed by atoms with van der Waals surface area (Å²) in [4.78, 5) is 22.3. The minimum atomic E-state index is -0.987. The first-order valence-corrected chi connectivity index (χ1v) is 6.41. The summed E-state index contributed by atoms with van der Waals surface area (Å²) in [6, 6.07) is 7.35. The van der Waals surface area contributed by atoms with Crippen LogP contribution in [0.3, 0.4) is 0 Å². The Bertz CT molecular complexity index is 634. The number of aliphatic carboxylic acids is 1. The van der Waals surface area contributed by atoms with E-state index in [1.54, 1.807) is 12.1 Å². The number of nitrogens with two attached hydrogens (primary N) is 1. The molecule has 1 amide bonds. The maximum absolute atomic E-state index is 11.8. The van der Waals surface area contributed by atoms with Gasteiger partial charge >= 0.3 is 5.97 Å². The van der Waals surface area contributed by atoms with Gasteiger partial charge in [-0.1, -0.05) is 12.1 Å². The van der Waals surface area contributed by atoms with Crippen molar-refractivity contribution in [3.05, 3.63) is 42.2 Å². The van der Waals surface area contributed by atoms with Crippen molar-refractivity contribution in [1.29, 1.82) is 0 Å². The fourth-order valence-electron chi connectivity index (χ4n) is 1.82. The van der Waals surface area contributed by atoms with Gasteiger partial charge in [0.25, 0.3) is 0 Å². The number of benzene rings is 1. The van der Waals surface area contributed by atoms with E-state index in [2.05, 4.69) is 10.4 Å². The summed E-state index contributed by atoms with van der Waals surface area (Å²) < 4.78 is 1.25. The van der Waals surface area contributed by atoms with Crippen molar-refractivity contribution in [2.75, 3.05) is 11.1 Å². The standard InChI is InChI=1S/C14H16N4O3/c15-11-4-1-10(2-5-11)3-6-13(19)17-12-7-16-18(8-12)9-14(20)21/h1-2,4-5,7-8H,3,6,9,15H2,(H,17,19)(H,20,21). The number of nitrogens with one attached hydrogen (secondary N) is 1. The first-order chi connectivity index (χ1) is 10.0. The van der Waals surface area contributed by atoms with Gasteiger partial charge in [-0.15, -0.1) is 0 Å². The second-order valence-electron chi connectivity index (χ2n) is 4.61. The molecule has 0 aliphatic heterocycles. The zero-order valence-corrected chi connectivity index (χ0v) is 11.3. The maximum atomic E-state index is 11.8. The van der Waals surface area contributed by atoms with E-state index in [9.17, 15) is 9.59 Å². The van der Waals surface area contributed by atoms with Gasteiger partial charge in [-0.3, -0.25) is 14.3 Å². The number of nitrogen functional groups attached to an aromatic ring is 1. The molecule has 21 heavy (non-hydrogen) atoms. The van der Waals surface area contributed by atoms with Crippen LogP contribution in [0.15, 0.2) is 36.7 Å². The van der Waals surface area contributed by atoms with E-state index in [0.717, 1.165) is 5.56 Å². The summed E-state index contributed by atoms with van der Waals surface area (Å²) in [7, 11) is 0. The summed E-state index contributed by atoms with van der Waals surface area (Å²) in [5.74, 6) is -1.14. The molecule has 7 nitrogen and oxygen atoms in total. The van der Waals surface area contributed by atoms with Crippen LogP contribution in [0.5, 0.6) is 0 Å². The van der Waals surface area contributed by atoms with E-state index < -0.39 is 5.97 Å². The Morgan fingerprint density at radius 1 is 1.29 bits per heavy atom. The normalized spacial score (nSPS) is 10.3. The first kappa shape index (κ1) is 14.6. The summed E-state index contributed by atoms with van der Waals surface area (Å²) in [5.41, 5.74) is 7.79. The molecule has 0 unspecified atom stereocenters. The second-order valence-corrected chi connectivity index (χ2v) is 4.61. The lowest BCUT2D eigenvalue weighted by Gasteiger charge is -2.03. The molecule has 0 saturated heterocycles. The molecular weight excluding hydrogens is 272 g/mol. The van der Waals surface area contributed by atoms with Crippen LogP contribution in [0, 0.1) is 0 Å². The largest absolute Gasteiger partial charge is 0.480 e. The Labute approximate surface area is 121 Å². The van der Waals surface area contributed by atoms with Crippen LogP contribution in [0.4, 0.5) is 11.4 Å². The van der Waals surface area contributed by atoms with E-state index in [0.29, 0.717) is 24.2 Å². The van der Waals surface area contributed by atoms with Gasteiger partial charge in [0.05, 0.1) is 11.9 Å². The maximum Gasteiger partial charge on any atom is 0.325 e. The van der Waals surface area contributed by atoms with E-state index in [1.807, 2.05) is 12.1 Å². The number of rotatable bonds is 6. The van der Waals surface area contributed by atoms with E-state index in [-0.39, 0.29) is 12.5 Å². The van der Waals surface area contributed by atoms with E-state index in [4.69, 9.17) is 10.8 Å². The Hall–Kier alpha value is -2.83. The molecule has 0 radical (unpaired) electrons. The smallest absolute Gasteiger partial charge is 0.325 e. The molecule has 0 aliphatic rings. The van der Waals surface area contributed by atoms with Crippen molar-refractivity contribution in [3.63, 3.8) is 0 Å². The summed E-state index contributed by atoms with van der Waals surface area (Å²) >= 11 is 0. The highest BCUT2D eigenvalue weighted by Gasteiger charge is 2.06. The average Bonchev–Trinajstić information content (AvgIpc) is 2.84. The predicted octanol–water partition coefficient (Wildman–Crippen LogP) is 1.12.